The van der Waals surface area contributed by atoms with E-state index in [2.05, 4.69) is 6.58 Å². The molecule has 2 nitrogen and oxygen atoms in total. The van der Waals surface area contributed by atoms with Crippen LogP contribution in [0.25, 0.3) is 0 Å². The van der Waals surface area contributed by atoms with Gasteiger partial charge in [-0.05, 0) is 6.42 Å². The van der Waals surface area contributed by atoms with Crippen molar-refractivity contribution >= 4 is 28.8 Å². The van der Waals surface area contributed by atoms with Gasteiger partial charge in [0.25, 0.3) is 0 Å². The lowest BCUT2D eigenvalue weighted by Gasteiger charge is -2.02. The monoisotopic (exact) mass is 237 g/mol. The fraction of sp³-hybridized carbons (Fsp3) is 0.500. The van der Waals surface area contributed by atoms with Crippen LogP contribution in [0.4, 0.5) is 0 Å². The summed E-state index contributed by atoms with van der Waals surface area (Å²) in [6.07, 6.45) is 2.66. The smallest absolute Gasteiger partial charge is 0.238 e. The Bertz CT molecular complexity index is 146. The number of carbonyl (C=O) groups excluding carboxylic acids is 1. The van der Waals surface area contributed by atoms with Crippen molar-refractivity contribution in [2.24, 2.45) is 5.92 Å². The molecule has 1 aliphatic rings. The molecule has 50 valence electrons. The molecule has 0 radical (unpaired) electrons. The normalized spacial score (nSPS) is 27.0. The highest BCUT2D eigenvalue weighted by molar-refractivity contribution is 14.1. The van der Waals surface area contributed by atoms with E-state index in [0.29, 0.717) is 0 Å². The fourth-order valence-corrected chi connectivity index (χ4v) is 1.52. The van der Waals surface area contributed by atoms with Gasteiger partial charge in [0, 0.05) is 6.54 Å². The van der Waals surface area contributed by atoms with E-state index in [1.165, 1.54) is 0 Å². The summed E-state index contributed by atoms with van der Waals surface area (Å²) in [6.45, 7) is 4.45. The molecule has 1 fully saturated rings. The molecule has 0 N–H and O–H groups in total. The molecule has 0 saturated carbocycles. The molecule has 1 unspecified atom stereocenters. The number of hydrogen-bond acceptors (Lipinski definition) is 1. The molecule has 0 aromatic carbocycles. The lowest BCUT2D eigenvalue weighted by atomic mass is 10.1. The highest BCUT2D eigenvalue weighted by Crippen LogP contribution is 2.21. The molecule has 1 aliphatic heterocycles. The number of nitrogens with zero attached hydrogens (tertiary/aromatic N) is 1. The molecular weight excluding hydrogens is 229 g/mol. The Balaban J connectivity index is 2.61. The third-order valence-corrected chi connectivity index (χ3v) is 2.44. The summed E-state index contributed by atoms with van der Waals surface area (Å²) in [5.41, 5.74) is 0. The quantitative estimate of drug-likeness (QED) is 0.383. The highest BCUT2D eigenvalue weighted by Gasteiger charge is 2.26. The molecule has 9 heavy (non-hydrogen) atoms. The van der Waals surface area contributed by atoms with E-state index in [1.54, 1.807) is 9.19 Å². The van der Waals surface area contributed by atoms with Crippen LogP contribution in [0.3, 0.4) is 0 Å². The second-order valence-electron chi connectivity index (χ2n) is 2.05. The molecule has 0 spiro atoms. The zero-order valence-corrected chi connectivity index (χ0v) is 7.17. The van der Waals surface area contributed by atoms with Crippen LogP contribution in [0.2, 0.25) is 0 Å². The topological polar surface area (TPSA) is 20.3 Å². The Labute approximate surface area is 68.4 Å². The van der Waals surface area contributed by atoms with Gasteiger partial charge in [0.15, 0.2) is 0 Å². The Hall–Kier alpha value is -0.0600. The summed E-state index contributed by atoms with van der Waals surface area (Å²) in [7, 11) is 0. The van der Waals surface area contributed by atoms with Gasteiger partial charge < -0.3 is 0 Å². The maximum atomic E-state index is 11.0. The number of carbonyl (C=O) groups is 1. The van der Waals surface area contributed by atoms with Crippen molar-refractivity contribution in [1.29, 1.82) is 0 Å². The lowest BCUT2D eigenvalue weighted by molar-refractivity contribution is -0.124. The largest absolute Gasteiger partial charge is 0.284 e. The minimum atomic E-state index is 0.0851. The van der Waals surface area contributed by atoms with Crippen molar-refractivity contribution in [3.63, 3.8) is 0 Å². The van der Waals surface area contributed by atoms with E-state index in [9.17, 15) is 4.79 Å². The van der Waals surface area contributed by atoms with Crippen LogP contribution in [0.1, 0.15) is 6.42 Å². The minimum Gasteiger partial charge on any atom is -0.284 e. The zero-order valence-electron chi connectivity index (χ0n) is 5.01. The first-order chi connectivity index (χ1) is 4.25. The highest BCUT2D eigenvalue weighted by atomic mass is 127. The van der Waals surface area contributed by atoms with Gasteiger partial charge in [-0.25, -0.2) is 0 Å². The van der Waals surface area contributed by atoms with Gasteiger partial charge in [0.1, 0.15) is 0 Å². The van der Waals surface area contributed by atoms with E-state index in [0.717, 1.165) is 13.0 Å². The Morgan fingerprint density at radius 1 is 1.89 bits per heavy atom. The van der Waals surface area contributed by atoms with Gasteiger partial charge in [0.05, 0.1) is 28.8 Å². The first-order valence-electron chi connectivity index (χ1n) is 2.85. The van der Waals surface area contributed by atoms with Gasteiger partial charge in [-0.15, -0.1) is 6.58 Å². The average Bonchev–Trinajstić information content (AvgIpc) is 2.15. The van der Waals surface area contributed by atoms with Crippen molar-refractivity contribution in [3.8, 4) is 0 Å². The first-order valence-corrected chi connectivity index (χ1v) is 3.82. The van der Waals surface area contributed by atoms with Gasteiger partial charge >= 0.3 is 0 Å². The predicted octanol–water partition coefficient (Wildman–Crippen LogP) is 1.37. The lowest BCUT2D eigenvalue weighted by Crippen LogP contribution is -2.15. The molecule has 1 atom stereocenters. The van der Waals surface area contributed by atoms with E-state index < -0.39 is 0 Å². The third-order valence-electron chi connectivity index (χ3n) is 1.48. The second-order valence-corrected chi connectivity index (χ2v) is 3.22. The molecule has 0 aromatic rings. The Kier molecular flexibility index (Phi) is 2.10. The van der Waals surface area contributed by atoms with Crippen molar-refractivity contribution < 1.29 is 4.79 Å². The van der Waals surface area contributed by atoms with E-state index in [-0.39, 0.29) is 11.8 Å². The molecule has 1 rings (SSSR count). The Morgan fingerprint density at radius 2 is 2.56 bits per heavy atom. The van der Waals surface area contributed by atoms with Crippen molar-refractivity contribution in [2.75, 3.05) is 6.54 Å². The number of amides is 1. The third kappa shape index (κ3) is 1.26. The van der Waals surface area contributed by atoms with Crippen LogP contribution in [-0.4, -0.2) is 15.6 Å². The summed E-state index contributed by atoms with van der Waals surface area (Å²) in [5, 5.41) is 0. The molecule has 1 saturated heterocycles. The Morgan fingerprint density at radius 3 is 2.78 bits per heavy atom. The molecular formula is C6H8INO. The summed E-state index contributed by atoms with van der Waals surface area (Å²) in [4.78, 5) is 11.0. The van der Waals surface area contributed by atoms with Crippen LogP contribution < -0.4 is 0 Å². The molecule has 3 heteroatoms. The van der Waals surface area contributed by atoms with Crippen molar-refractivity contribution in [1.82, 2.24) is 3.11 Å². The first kappa shape index (κ1) is 7.05. The summed E-state index contributed by atoms with van der Waals surface area (Å²) >= 11 is 2.03. The van der Waals surface area contributed by atoms with Crippen LogP contribution in [-0.2, 0) is 4.79 Å². The summed E-state index contributed by atoms with van der Waals surface area (Å²) < 4.78 is 1.71. The van der Waals surface area contributed by atoms with Crippen molar-refractivity contribution in [3.05, 3.63) is 12.7 Å². The van der Waals surface area contributed by atoms with Gasteiger partial charge in [-0.1, -0.05) is 6.08 Å². The van der Waals surface area contributed by atoms with E-state index in [1.807, 2.05) is 22.9 Å². The molecule has 0 bridgehead atoms. The van der Waals surface area contributed by atoms with Gasteiger partial charge in [-0.3, -0.25) is 7.91 Å². The second kappa shape index (κ2) is 2.68. The zero-order chi connectivity index (χ0) is 6.85. The number of rotatable bonds is 1. The van der Waals surface area contributed by atoms with E-state index >= 15 is 0 Å². The van der Waals surface area contributed by atoms with Gasteiger partial charge in [0.2, 0.25) is 5.91 Å². The predicted molar refractivity (Wildman–Crippen MR) is 44.0 cm³/mol. The number of hydrogen-bond donors (Lipinski definition) is 0. The fourth-order valence-electron chi connectivity index (χ4n) is 0.885. The van der Waals surface area contributed by atoms with Gasteiger partial charge in [-0.2, -0.15) is 0 Å². The molecule has 1 amide bonds. The summed E-state index contributed by atoms with van der Waals surface area (Å²) in [5.74, 6) is 0.285. The summed E-state index contributed by atoms with van der Waals surface area (Å²) in [6, 6.07) is 0. The molecule has 0 aromatic heterocycles. The molecule has 1 heterocycles. The standard InChI is InChI=1S/C6H8INO/c1-2-5-3-4-8(7)6(5)9/h2,5H,1,3-4H2. The van der Waals surface area contributed by atoms with Crippen LogP contribution in [0.15, 0.2) is 12.7 Å². The van der Waals surface area contributed by atoms with Crippen LogP contribution >= 0.6 is 22.9 Å². The maximum absolute atomic E-state index is 11.0. The van der Waals surface area contributed by atoms with Crippen LogP contribution in [0, 0.1) is 5.92 Å². The number of halogens is 1. The van der Waals surface area contributed by atoms with Crippen LogP contribution in [0.5, 0.6) is 0 Å². The average molecular weight is 237 g/mol. The molecule has 0 aliphatic carbocycles. The van der Waals surface area contributed by atoms with Crippen molar-refractivity contribution in [2.45, 2.75) is 6.42 Å². The maximum Gasteiger partial charge on any atom is 0.238 e. The SMILES string of the molecule is C=CC1CCN(I)C1=O. The van der Waals surface area contributed by atoms with E-state index in [4.69, 9.17) is 0 Å². The minimum absolute atomic E-state index is 0.0851.